The molecule has 0 radical (unpaired) electrons. The van der Waals surface area contributed by atoms with E-state index in [2.05, 4.69) is 10.3 Å². The molecule has 1 aliphatic rings. The van der Waals surface area contributed by atoms with E-state index in [-0.39, 0.29) is 0 Å². The number of aryl methyl sites for hydroxylation is 1. The van der Waals surface area contributed by atoms with Crippen molar-refractivity contribution in [2.75, 3.05) is 5.32 Å². The van der Waals surface area contributed by atoms with E-state index in [1.807, 2.05) is 43.3 Å². The van der Waals surface area contributed by atoms with Gasteiger partial charge in [-0.1, -0.05) is 36.4 Å². The van der Waals surface area contributed by atoms with Crippen LogP contribution in [0.2, 0.25) is 0 Å². The number of anilines is 1. The molecular formula is C17H14N2O2. The van der Waals surface area contributed by atoms with Crippen molar-refractivity contribution < 1.29 is 9.90 Å². The van der Waals surface area contributed by atoms with Gasteiger partial charge in [0.05, 0.1) is 5.69 Å². The van der Waals surface area contributed by atoms with Crippen molar-refractivity contribution in [2.24, 2.45) is 0 Å². The largest absolute Gasteiger partial charge is 0.372 e. The fourth-order valence-corrected chi connectivity index (χ4v) is 3.10. The maximum Gasteiger partial charge on any atom is 0.265 e. The van der Waals surface area contributed by atoms with Gasteiger partial charge in [0.2, 0.25) is 0 Å². The van der Waals surface area contributed by atoms with Gasteiger partial charge in [-0.3, -0.25) is 4.79 Å². The topological polar surface area (TPSA) is 65.1 Å². The maximum absolute atomic E-state index is 12.5. The first kappa shape index (κ1) is 12.2. The first-order valence-corrected chi connectivity index (χ1v) is 6.83. The van der Waals surface area contributed by atoms with Gasteiger partial charge >= 0.3 is 0 Å². The Balaban J connectivity index is 2.04. The Morgan fingerprint density at radius 2 is 1.86 bits per heavy atom. The smallest absolute Gasteiger partial charge is 0.265 e. The third-order valence-corrected chi connectivity index (χ3v) is 4.21. The minimum Gasteiger partial charge on any atom is -0.372 e. The quantitative estimate of drug-likeness (QED) is 0.640. The molecule has 1 aliphatic heterocycles. The molecule has 21 heavy (non-hydrogen) atoms. The third kappa shape index (κ3) is 1.45. The maximum atomic E-state index is 12.5. The summed E-state index contributed by atoms with van der Waals surface area (Å²) >= 11 is 0. The average molecular weight is 278 g/mol. The summed E-state index contributed by atoms with van der Waals surface area (Å²) in [5.41, 5.74) is 2.08. The van der Waals surface area contributed by atoms with Crippen LogP contribution >= 0.6 is 0 Å². The molecule has 1 atom stereocenters. The molecule has 0 bridgehead atoms. The van der Waals surface area contributed by atoms with E-state index >= 15 is 0 Å². The van der Waals surface area contributed by atoms with Gasteiger partial charge in [0, 0.05) is 28.2 Å². The molecule has 4 heteroatoms. The number of rotatable bonds is 1. The Hall–Kier alpha value is -2.59. The Kier molecular flexibility index (Phi) is 2.30. The van der Waals surface area contributed by atoms with Crippen LogP contribution in [0.1, 0.15) is 16.7 Å². The molecule has 2 heterocycles. The summed E-state index contributed by atoms with van der Waals surface area (Å²) in [6, 6.07) is 13.2. The van der Waals surface area contributed by atoms with E-state index in [0.29, 0.717) is 16.8 Å². The van der Waals surface area contributed by atoms with E-state index < -0.39 is 11.5 Å². The van der Waals surface area contributed by atoms with Gasteiger partial charge in [-0.2, -0.15) is 0 Å². The summed E-state index contributed by atoms with van der Waals surface area (Å²) in [6.45, 7) is 1.92. The van der Waals surface area contributed by atoms with Crippen LogP contribution in [0, 0.1) is 6.92 Å². The number of hydrogen-bond acceptors (Lipinski definition) is 2. The van der Waals surface area contributed by atoms with E-state index in [1.54, 1.807) is 12.3 Å². The molecule has 0 saturated carbocycles. The highest BCUT2D eigenvalue weighted by molar-refractivity contribution is 6.10. The van der Waals surface area contributed by atoms with Crippen LogP contribution in [0.4, 0.5) is 5.69 Å². The van der Waals surface area contributed by atoms with Crippen LogP contribution in [0.25, 0.3) is 10.9 Å². The second kappa shape index (κ2) is 3.96. The van der Waals surface area contributed by atoms with Crippen LogP contribution in [0.5, 0.6) is 0 Å². The highest BCUT2D eigenvalue weighted by Crippen LogP contribution is 2.44. The summed E-state index contributed by atoms with van der Waals surface area (Å²) in [5.74, 6) is -0.406. The number of H-pyrrole nitrogens is 1. The highest BCUT2D eigenvalue weighted by atomic mass is 16.3. The van der Waals surface area contributed by atoms with Crippen LogP contribution in [0.15, 0.2) is 48.7 Å². The number of hydrogen-bond donors (Lipinski definition) is 3. The molecule has 4 nitrogen and oxygen atoms in total. The molecule has 0 fully saturated rings. The van der Waals surface area contributed by atoms with Crippen molar-refractivity contribution in [2.45, 2.75) is 12.5 Å². The van der Waals surface area contributed by atoms with E-state index in [1.165, 1.54) is 0 Å². The summed E-state index contributed by atoms with van der Waals surface area (Å²) in [4.78, 5) is 15.6. The predicted octanol–water partition coefficient (Wildman–Crippen LogP) is 2.66. The molecule has 3 N–H and O–H groups in total. The summed E-state index contributed by atoms with van der Waals surface area (Å²) in [7, 11) is 0. The fourth-order valence-electron chi connectivity index (χ4n) is 3.10. The number of aromatic nitrogens is 1. The number of fused-ring (bicyclic) bond motifs is 2. The molecule has 0 aliphatic carbocycles. The van der Waals surface area contributed by atoms with Crippen molar-refractivity contribution in [3.05, 3.63) is 65.4 Å². The number of nitrogens with one attached hydrogen (secondary N) is 2. The van der Waals surface area contributed by atoms with Crippen LogP contribution in [-0.4, -0.2) is 16.0 Å². The molecule has 1 amide bonds. The average Bonchev–Trinajstić information content (AvgIpc) is 3.02. The van der Waals surface area contributed by atoms with Gasteiger partial charge in [0.15, 0.2) is 5.60 Å². The lowest BCUT2D eigenvalue weighted by molar-refractivity contribution is -0.129. The zero-order chi connectivity index (χ0) is 14.6. The van der Waals surface area contributed by atoms with E-state index in [4.69, 9.17) is 0 Å². The van der Waals surface area contributed by atoms with Gasteiger partial charge in [0.1, 0.15) is 0 Å². The van der Waals surface area contributed by atoms with Crippen LogP contribution < -0.4 is 5.32 Å². The SMILES string of the molecule is Cc1cccc2c1NC(=O)[C@]2(O)c1c[nH]c2ccccc12. The van der Waals surface area contributed by atoms with Crippen molar-refractivity contribution >= 4 is 22.5 Å². The molecule has 104 valence electrons. The monoisotopic (exact) mass is 278 g/mol. The normalized spacial score (nSPS) is 20.6. The lowest BCUT2D eigenvalue weighted by Crippen LogP contribution is -2.35. The Bertz CT molecular complexity index is 881. The second-order valence-corrected chi connectivity index (χ2v) is 5.41. The summed E-state index contributed by atoms with van der Waals surface area (Å²) in [5, 5.41) is 14.8. The fraction of sp³-hybridized carbons (Fsp3) is 0.118. The van der Waals surface area contributed by atoms with Crippen LogP contribution in [-0.2, 0) is 10.4 Å². The number of aliphatic hydroxyl groups is 1. The minimum absolute atomic E-state index is 0.406. The lowest BCUT2D eigenvalue weighted by atomic mass is 9.86. The molecule has 3 aromatic rings. The molecule has 4 rings (SSSR count). The Labute approximate surface area is 121 Å². The van der Waals surface area contributed by atoms with Gasteiger partial charge in [-0.15, -0.1) is 0 Å². The first-order valence-electron chi connectivity index (χ1n) is 6.83. The van der Waals surface area contributed by atoms with Crippen molar-refractivity contribution in [3.63, 3.8) is 0 Å². The number of benzene rings is 2. The standard InChI is InChI=1S/C17H14N2O2/c1-10-5-4-7-12-15(10)19-16(20)17(12,21)13-9-18-14-8-3-2-6-11(13)14/h2-9,18,21H,1H3,(H,19,20)/t17-/m1/s1. The number of para-hydroxylation sites is 2. The number of carbonyl (C=O) groups excluding carboxylic acids is 1. The summed E-state index contributed by atoms with van der Waals surface area (Å²) < 4.78 is 0. The first-order chi connectivity index (χ1) is 10.1. The second-order valence-electron chi connectivity index (χ2n) is 5.41. The van der Waals surface area contributed by atoms with E-state index in [0.717, 1.165) is 16.5 Å². The van der Waals surface area contributed by atoms with Crippen molar-refractivity contribution in [1.29, 1.82) is 0 Å². The van der Waals surface area contributed by atoms with Gasteiger partial charge < -0.3 is 15.4 Å². The van der Waals surface area contributed by atoms with Gasteiger partial charge in [0.25, 0.3) is 5.91 Å². The molecule has 1 aromatic heterocycles. The molecule has 0 unspecified atom stereocenters. The van der Waals surface area contributed by atoms with Gasteiger partial charge in [-0.25, -0.2) is 0 Å². The minimum atomic E-state index is -1.65. The zero-order valence-electron chi connectivity index (χ0n) is 11.5. The Morgan fingerprint density at radius 1 is 1.05 bits per heavy atom. The van der Waals surface area contributed by atoms with Crippen LogP contribution in [0.3, 0.4) is 0 Å². The summed E-state index contributed by atoms with van der Waals surface area (Å²) in [6.07, 6.45) is 1.71. The zero-order valence-corrected chi connectivity index (χ0v) is 11.5. The van der Waals surface area contributed by atoms with Gasteiger partial charge in [-0.05, 0) is 18.6 Å². The third-order valence-electron chi connectivity index (χ3n) is 4.21. The number of aromatic amines is 1. The molecule has 2 aromatic carbocycles. The highest BCUT2D eigenvalue weighted by Gasteiger charge is 2.48. The van der Waals surface area contributed by atoms with E-state index in [9.17, 15) is 9.90 Å². The molecule has 0 spiro atoms. The number of amides is 1. The molecular weight excluding hydrogens is 264 g/mol. The number of carbonyl (C=O) groups is 1. The van der Waals surface area contributed by atoms with Crippen molar-refractivity contribution in [1.82, 2.24) is 4.98 Å². The predicted molar refractivity (Wildman–Crippen MR) is 81.1 cm³/mol. The Morgan fingerprint density at radius 3 is 2.71 bits per heavy atom. The van der Waals surface area contributed by atoms with Crippen molar-refractivity contribution in [3.8, 4) is 0 Å². The lowest BCUT2D eigenvalue weighted by Gasteiger charge is -2.20. The molecule has 0 saturated heterocycles.